The number of aliphatic hydroxyl groups excluding tert-OH is 4. The lowest BCUT2D eigenvalue weighted by atomic mass is 9.82. The van der Waals surface area contributed by atoms with Gasteiger partial charge in [0.25, 0.3) is 0 Å². The van der Waals surface area contributed by atoms with E-state index in [9.17, 15) is 25.2 Å². The van der Waals surface area contributed by atoms with Gasteiger partial charge in [0.05, 0.1) is 29.8 Å². The van der Waals surface area contributed by atoms with Gasteiger partial charge in [-0.3, -0.25) is 4.79 Å². The molecule has 0 saturated carbocycles. The van der Waals surface area contributed by atoms with Gasteiger partial charge in [-0.2, -0.15) is 0 Å². The highest BCUT2D eigenvalue weighted by Crippen LogP contribution is 2.29. The molecule has 0 radical (unpaired) electrons. The number of ether oxygens (including phenoxy) is 1. The first-order valence-electron chi connectivity index (χ1n) is 7.80. The second-order valence-electron chi connectivity index (χ2n) is 6.55. The highest BCUT2D eigenvalue weighted by atomic mass is 16.5. The molecule has 0 amide bonds. The molecule has 6 nitrogen and oxygen atoms in total. The first-order valence-corrected chi connectivity index (χ1v) is 7.80. The molecule has 0 aliphatic carbocycles. The van der Waals surface area contributed by atoms with Crippen LogP contribution in [0.2, 0.25) is 0 Å². The van der Waals surface area contributed by atoms with E-state index < -0.39 is 41.9 Å². The number of aliphatic hydroxyl groups is 4. The summed E-state index contributed by atoms with van der Waals surface area (Å²) in [5.41, 5.74) is -1.29. The molecule has 128 valence electrons. The Kier molecular flexibility index (Phi) is 6.99. The van der Waals surface area contributed by atoms with Gasteiger partial charge in [-0.25, -0.2) is 0 Å². The first kappa shape index (κ1) is 19.1. The molecule has 0 fully saturated rings. The quantitative estimate of drug-likeness (QED) is 0.445. The van der Waals surface area contributed by atoms with Gasteiger partial charge in [0, 0.05) is 12.8 Å². The zero-order valence-corrected chi connectivity index (χ0v) is 13.5. The molecule has 0 aromatic rings. The Morgan fingerprint density at radius 3 is 2.55 bits per heavy atom. The summed E-state index contributed by atoms with van der Waals surface area (Å²) in [6, 6.07) is 0. The molecule has 1 heterocycles. The fourth-order valence-electron chi connectivity index (χ4n) is 2.49. The van der Waals surface area contributed by atoms with Crippen molar-refractivity contribution in [1.82, 2.24) is 0 Å². The van der Waals surface area contributed by atoms with E-state index in [-0.39, 0.29) is 12.8 Å². The summed E-state index contributed by atoms with van der Waals surface area (Å²) in [6.07, 6.45) is -0.350. The van der Waals surface area contributed by atoms with E-state index in [0.29, 0.717) is 6.42 Å². The Morgan fingerprint density at radius 1 is 1.32 bits per heavy atom. The summed E-state index contributed by atoms with van der Waals surface area (Å²) in [5, 5.41) is 39.8. The SMILES string of the molecule is CCCC(O)CC1CC(O)C=CC(O)C(O)C(C)(C)C(=O)O1. The number of cyclic esters (lactones) is 1. The summed E-state index contributed by atoms with van der Waals surface area (Å²) < 4.78 is 5.38. The normalized spacial score (nSPS) is 34.0. The van der Waals surface area contributed by atoms with E-state index in [0.717, 1.165) is 6.42 Å². The fraction of sp³-hybridized carbons (Fsp3) is 0.812. The van der Waals surface area contributed by atoms with Crippen molar-refractivity contribution in [3.8, 4) is 0 Å². The third-order valence-electron chi connectivity index (χ3n) is 4.05. The van der Waals surface area contributed by atoms with E-state index in [2.05, 4.69) is 0 Å². The molecule has 1 rings (SSSR count). The van der Waals surface area contributed by atoms with Crippen molar-refractivity contribution in [1.29, 1.82) is 0 Å². The van der Waals surface area contributed by atoms with E-state index >= 15 is 0 Å². The van der Waals surface area contributed by atoms with Crippen LogP contribution in [0.3, 0.4) is 0 Å². The van der Waals surface area contributed by atoms with Crippen molar-refractivity contribution < 1.29 is 30.0 Å². The molecule has 0 aromatic heterocycles. The van der Waals surface area contributed by atoms with Crippen LogP contribution in [0.25, 0.3) is 0 Å². The molecule has 4 N–H and O–H groups in total. The van der Waals surface area contributed by atoms with Gasteiger partial charge in [0.1, 0.15) is 6.10 Å². The summed E-state index contributed by atoms with van der Waals surface area (Å²) in [5.74, 6) is -0.657. The van der Waals surface area contributed by atoms with Crippen molar-refractivity contribution in [2.45, 2.75) is 77.0 Å². The van der Waals surface area contributed by atoms with Gasteiger partial charge in [-0.05, 0) is 20.3 Å². The molecule has 22 heavy (non-hydrogen) atoms. The second-order valence-corrected chi connectivity index (χ2v) is 6.55. The molecule has 0 saturated heterocycles. The standard InChI is InChI=1S/C16H28O6/c1-4-5-10(17)8-12-9-11(18)6-7-13(19)14(20)16(2,3)15(21)22-12/h6-7,10-14,17-20H,4-5,8-9H2,1-3H3. The molecule has 0 bridgehead atoms. The van der Waals surface area contributed by atoms with Crippen LogP contribution in [0.15, 0.2) is 12.2 Å². The molecule has 0 aromatic carbocycles. The van der Waals surface area contributed by atoms with Crippen LogP contribution in [0.5, 0.6) is 0 Å². The van der Waals surface area contributed by atoms with Crippen LogP contribution in [0.1, 0.15) is 46.5 Å². The average Bonchev–Trinajstić information content (AvgIpc) is 2.42. The number of carbonyl (C=O) groups excluding carboxylic acids is 1. The zero-order chi connectivity index (χ0) is 16.9. The topological polar surface area (TPSA) is 107 Å². The zero-order valence-electron chi connectivity index (χ0n) is 13.5. The smallest absolute Gasteiger partial charge is 0.314 e. The number of hydrogen-bond donors (Lipinski definition) is 4. The predicted molar refractivity (Wildman–Crippen MR) is 81.0 cm³/mol. The van der Waals surface area contributed by atoms with Crippen LogP contribution < -0.4 is 0 Å². The molecule has 0 spiro atoms. The third kappa shape index (κ3) is 5.05. The molecular weight excluding hydrogens is 288 g/mol. The molecule has 1 aliphatic rings. The maximum Gasteiger partial charge on any atom is 0.314 e. The van der Waals surface area contributed by atoms with Crippen molar-refractivity contribution in [3.63, 3.8) is 0 Å². The monoisotopic (exact) mass is 316 g/mol. The lowest BCUT2D eigenvalue weighted by Gasteiger charge is -2.34. The van der Waals surface area contributed by atoms with Gasteiger partial charge >= 0.3 is 5.97 Å². The van der Waals surface area contributed by atoms with Gasteiger partial charge in [-0.15, -0.1) is 0 Å². The summed E-state index contributed by atoms with van der Waals surface area (Å²) in [6.45, 7) is 4.93. The number of esters is 1. The molecular formula is C16H28O6. The van der Waals surface area contributed by atoms with Gasteiger partial charge < -0.3 is 25.2 Å². The highest BCUT2D eigenvalue weighted by Gasteiger charge is 2.42. The Morgan fingerprint density at radius 2 is 1.95 bits per heavy atom. The molecule has 6 heteroatoms. The van der Waals surface area contributed by atoms with Crippen LogP contribution in [-0.2, 0) is 9.53 Å². The van der Waals surface area contributed by atoms with Crippen molar-refractivity contribution in [3.05, 3.63) is 12.2 Å². The number of carbonyl (C=O) groups is 1. The second kappa shape index (κ2) is 8.06. The van der Waals surface area contributed by atoms with E-state index in [1.807, 2.05) is 6.92 Å². The number of hydrogen-bond acceptors (Lipinski definition) is 6. The maximum absolute atomic E-state index is 12.3. The highest BCUT2D eigenvalue weighted by molar-refractivity contribution is 5.77. The van der Waals surface area contributed by atoms with E-state index in [1.54, 1.807) is 0 Å². The van der Waals surface area contributed by atoms with E-state index in [1.165, 1.54) is 26.0 Å². The largest absolute Gasteiger partial charge is 0.462 e. The maximum atomic E-state index is 12.3. The van der Waals surface area contributed by atoms with Gasteiger partial charge in [0.2, 0.25) is 0 Å². The van der Waals surface area contributed by atoms with Crippen molar-refractivity contribution in [2.75, 3.05) is 0 Å². The molecule has 1 aliphatic heterocycles. The third-order valence-corrected chi connectivity index (χ3v) is 4.05. The van der Waals surface area contributed by atoms with Crippen LogP contribution >= 0.6 is 0 Å². The average molecular weight is 316 g/mol. The first-order chi connectivity index (χ1) is 10.2. The molecule has 5 unspecified atom stereocenters. The number of rotatable bonds is 4. The summed E-state index contributed by atoms with van der Waals surface area (Å²) in [7, 11) is 0. The van der Waals surface area contributed by atoms with E-state index in [4.69, 9.17) is 4.74 Å². The van der Waals surface area contributed by atoms with Gasteiger partial charge in [0.15, 0.2) is 0 Å². The molecule has 5 atom stereocenters. The Bertz CT molecular complexity index is 392. The van der Waals surface area contributed by atoms with Crippen molar-refractivity contribution >= 4 is 5.97 Å². The summed E-state index contributed by atoms with van der Waals surface area (Å²) in [4.78, 5) is 12.3. The minimum absolute atomic E-state index is 0.141. The Labute approximate surface area is 131 Å². The minimum Gasteiger partial charge on any atom is -0.462 e. The lowest BCUT2D eigenvalue weighted by molar-refractivity contribution is -0.172. The summed E-state index contributed by atoms with van der Waals surface area (Å²) >= 11 is 0. The van der Waals surface area contributed by atoms with Crippen LogP contribution in [0.4, 0.5) is 0 Å². The van der Waals surface area contributed by atoms with Crippen LogP contribution in [0, 0.1) is 5.41 Å². The Hall–Kier alpha value is -0.950. The van der Waals surface area contributed by atoms with Crippen molar-refractivity contribution in [2.24, 2.45) is 5.41 Å². The lowest BCUT2D eigenvalue weighted by Crippen LogP contribution is -2.47. The fourth-order valence-corrected chi connectivity index (χ4v) is 2.49. The predicted octanol–water partition coefficient (Wildman–Crippen LogP) is 0.518. The van der Waals surface area contributed by atoms with Gasteiger partial charge in [-0.1, -0.05) is 25.5 Å². The minimum atomic E-state index is -1.34. The van der Waals surface area contributed by atoms with Crippen LogP contribution in [-0.4, -0.2) is 56.9 Å². The Balaban J connectivity index is 2.94.